The first-order valence-corrected chi connectivity index (χ1v) is 12.3. The highest BCUT2D eigenvalue weighted by molar-refractivity contribution is 5.96. The molecule has 1 aliphatic heterocycles. The van der Waals surface area contributed by atoms with Gasteiger partial charge >= 0.3 is 0 Å². The molecule has 5 rings (SSSR count). The van der Waals surface area contributed by atoms with E-state index in [4.69, 9.17) is 4.74 Å². The normalized spacial score (nSPS) is 19.7. The zero-order valence-corrected chi connectivity index (χ0v) is 19.7. The molecule has 0 radical (unpaired) electrons. The number of rotatable bonds is 5. The molecule has 0 N–H and O–H groups in total. The zero-order chi connectivity index (χ0) is 24.2. The van der Waals surface area contributed by atoms with Gasteiger partial charge in [0, 0.05) is 31.5 Å². The Morgan fingerprint density at radius 3 is 2.54 bits per heavy atom. The van der Waals surface area contributed by atoms with Gasteiger partial charge in [-0.3, -0.25) is 18.8 Å². The van der Waals surface area contributed by atoms with Crippen LogP contribution in [0.25, 0.3) is 5.65 Å². The maximum atomic E-state index is 13.5. The minimum absolute atomic E-state index is 0.0468. The second-order valence-corrected chi connectivity index (χ2v) is 9.35. The van der Waals surface area contributed by atoms with Crippen LogP contribution in [0.2, 0.25) is 0 Å². The smallest absolute Gasteiger partial charge is 0.270 e. The first-order valence-electron chi connectivity index (χ1n) is 12.3. The van der Waals surface area contributed by atoms with Crippen molar-refractivity contribution >= 4 is 17.5 Å². The molecule has 1 saturated heterocycles. The number of hydrogen-bond acceptors (Lipinski definition) is 5. The Morgan fingerprint density at radius 1 is 0.971 bits per heavy atom. The minimum Gasteiger partial charge on any atom is -0.370 e. The molecule has 0 unspecified atom stereocenters. The fourth-order valence-electron chi connectivity index (χ4n) is 5.08. The van der Waals surface area contributed by atoms with Crippen molar-refractivity contribution in [2.45, 2.75) is 50.9 Å². The number of hydrogen-bond donors (Lipinski definition) is 0. The molecule has 0 bridgehead atoms. The van der Waals surface area contributed by atoms with Crippen molar-refractivity contribution in [3.8, 4) is 0 Å². The summed E-state index contributed by atoms with van der Waals surface area (Å²) in [5, 5.41) is 0. The average molecular weight is 475 g/mol. The monoisotopic (exact) mass is 474 g/mol. The fraction of sp³-hybridized carbons (Fsp3) is 0.407. The number of ether oxygens (including phenoxy) is 1. The summed E-state index contributed by atoms with van der Waals surface area (Å²) in [6.07, 6.45) is 7.89. The van der Waals surface area contributed by atoms with Gasteiger partial charge in [0.15, 0.2) is 0 Å². The number of carbonyl (C=O) groups excluding carboxylic acids is 2. The van der Waals surface area contributed by atoms with Gasteiger partial charge < -0.3 is 14.5 Å². The van der Waals surface area contributed by atoms with Gasteiger partial charge in [0.25, 0.3) is 11.5 Å². The maximum Gasteiger partial charge on any atom is 0.270 e. The van der Waals surface area contributed by atoms with Gasteiger partial charge in [0.1, 0.15) is 17.8 Å². The van der Waals surface area contributed by atoms with Crippen molar-refractivity contribution in [2.75, 3.05) is 19.6 Å². The second kappa shape index (κ2) is 10.4. The molecule has 2 fully saturated rings. The second-order valence-electron chi connectivity index (χ2n) is 9.35. The first kappa shape index (κ1) is 23.2. The Balaban J connectivity index is 1.41. The summed E-state index contributed by atoms with van der Waals surface area (Å²) < 4.78 is 7.60. The third kappa shape index (κ3) is 5.12. The van der Waals surface area contributed by atoms with Crippen LogP contribution < -0.4 is 5.56 Å². The Kier molecular flexibility index (Phi) is 6.90. The SMILES string of the molecule is O=C(c1cnc2ccccn2c1=O)N1CC(=O)N(C2CCCCC2)C[C@@H](OCc2ccccc2)C1. The first-order chi connectivity index (χ1) is 17.1. The van der Waals surface area contributed by atoms with E-state index in [1.54, 1.807) is 24.4 Å². The minimum atomic E-state index is -0.493. The predicted octanol–water partition coefficient (Wildman–Crippen LogP) is 2.90. The van der Waals surface area contributed by atoms with E-state index in [2.05, 4.69) is 4.98 Å². The summed E-state index contributed by atoms with van der Waals surface area (Å²) in [6, 6.07) is 15.2. The van der Waals surface area contributed by atoms with Crippen molar-refractivity contribution in [1.82, 2.24) is 19.2 Å². The van der Waals surface area contributed by atoms with Crippen molar-refractivity contribution < 1.29 is 14.3 Å². The lowest BCUT2D eigenvalue weighted by atomic mass is 9.94. The van der Waals surface area contributed by atoms with E-state index in [-0.39, 0.29) is 36.7 Å². The number of benzene rings is 1. The number of pyridine rings is 1. The van der Waals surface area contributed by atoms with Gasteiger partial charge in [-0.05, 0) is 30.5 Å². The molecule has 2 amide bonds. The fourth-order valence-corrected chi connectivity index (χ4v) is 5.08. The predicted molar refractivity (Wildman–Crippen MR) is 131 cm³/mol. The van der Waals surface area contributed by atoms with Crippen molar-refractivity contribution in [3.63, 3.8) is 0 Å². The number of carbonyl (C=O) groups is 2. The molecule has 1 atom stereocenters. The van der Waals surface area contributed by atoms with E-state index in [0.29, 0.717) is 18.8 Å². The Morgan fingerprint density at radius 2 is 1.74 bits per heavy atom. The van der Waals surface area contributed by atoms with E-state index in [0.717, 1.165) is 31.2 Å². The number of aromatic nitrogens is 2. The van der Waals surface area contributed by atoms with Crippen LogP contribution in [0.5, 0.6) is 0 Å². The topological polar surface area (TPSA) is 84.2 Å². The van der Waals surface area contributed by atoms with E-state index >= 15 is 0 Å². The molecule has 8 nitrogen and oxygen atoms in total. The van der Waals surface area contributed by atoms with Gasteiger partial charge in [0.2, 0.25) is 5.91 Å². The van der Waals surface area contributed by atoms with E-state index < -0.39 is 11.5 Å². The maximum absolute atomic E-state index is 13.5. The summed E-state index contributed by atoms with van der Waals surface area (Å²) in [4.78, 5) is 47.5. The molecular weight excluding hydrogens is 444 g/mol. The molecule has 0 spiro atoms. The van der Waals surface area contributed by atoms with Crippen LogP contribution in [0, 0.1) is 0 Å². The number of amides is 2. The van der Waals surface area contributed by atoms with Crippen LogP contribution >= 0.6 is 0 Å². The molecule has 1 aliphatic carbocycles. The highest BCUT2D eigenvalue weighted by Gasteiger charge is 2.35. The number of nitrogens with zero attached hydrogens (tertiary/aromatic N) is 4. The van der Waals surface area contributed by atoms with Crippen LogP contribution in [0.1, 0.15) is 48.0 Å². The summed E-state index contributed by atoms with van der Waals surface area (Å²) in [7, 11) is 0. The zero-order valence-electron chi connectivity index (χ0n) is 19.7. The average Bonchev–Trinajstić information content (AvgIpc) is 3.07. The van der Waals surface area contributed by atoms with Crippen molar-refractivity contribution in [3.05, 3.63) is 82.4 Å². The van der Waals surface area contributed by atoms with Gasteiger partial charge in [-0.25, -0.2) is 4.98 Å². The van der Waals surface area contributed by atoms with E-state index in [1.807, 2.05) is 35.2 Å². The lowest BCUT2D eigenvalue weighted by molar-refractivity contribution is -0.134. The molecule has 2 aromatic heterocycles. The summed E-state index contributed by atoms with van der Waals surface area (Å²) in [5.74, 6) is -0.585. The molecular formula is C27H30N4O4. The van der Waals surface area contributed by atoms with Gasteiger partial charge in [-0.1, -0.05) is 55.7 Å². The Bertz CT molecular complexity index is 1250. The summed E-state index contributed by atoms with van der Waals surface area (Å²) in [6.45, 7) is 0.991. The highest BCUT2D eigenvalue weighted by Crippen LogP contribution is 2.25. The number of fused-ring (bicyclic) bond motifs is 1. The van der Waals surface area contributed by atoms with Gasteiger partial charge in [-0.15, -0.1) is 0 Å². The van der Waals surface area contributed by atoms with Crippen LogP contribution in [-0.4, -0.2) is 62.8 Å². The van der Waals surface area contributed by atoms with Crippen LogP contribution in [-0.2, 0) is 16.1 Å². The summed E-state index contributed by atoms with van der Waals surface area (Å²) >= 11 is 0. The van der Waals surface area contributed by atoms with Crippen LogP contribution in [0.3, 0.4) is 0 Å². The van der Waals surface area contributed by atoms with Gasteiger partial charge in [-0.2, -0.15) is 0 Å². The van der Waals surface area contributed by atoms with E-state index in [9.17, 15) is 14.4 Å². The molecule has 1 aromatic carbocycles. The van der Waals surface area contributed by atoms with E-state index in [1.165, 1.54) is 21.9 Å². The molecule has 3 heterocycles. The van der Waals surface area contributed by atoms with Crippen LogP contribution in [0.15, 0.2) is 65.7 Å². The lowest BCUT2D eigenvalue weighted by Gasteiger charge is -2.34. The third-order valence-electron chi connectivity index (χ3n) is 6.95. The molecule has 1 saturated carbocycles. The Hall–Kier alpha value is -3.52. The summed E-state index contributed by atoms with van der Waals surface area (Å²) in [5.41, 5.74) is 1.01. The standard InChI is InChI=1S/C27H30N4O4/c32-25-18-29(26(33)23-15-28-24-13-7-8-14-30(24)27(23)34)16-22(35-19-20-9-3-1-4-10-20)17-31(25)21-11-5-2-6-12-21/h1,3-4,7-10,13-15,21-22H,2,5-6,11-12,16-19H2/t22-/m0/s1. The quantitative estimate of drug-likeness (QED) is 0.568. The lowest BCUT2D eigenvalue weighted by Crippen LogP contribution is -2.46. The molecule has 3 aromatic rings. The molecule has 8 heteroatoms. The third-order valence-corrected chi connectivity index (χ3v) is 6.95. The molecule has 2 aliphatic rings. The largest absolute Gasteiger partial charge is 0.370 e. The highest BCUT2D eigenvalue weighted by atomic mass is 16.5. The molecule has 35 heavy (non-hydrogen) atoms. The molecule has 182 valence electrons. The van der Waals surface area contributed by atoms with Crippen LogP contribution in [0.4, 0.5) is 0 Å². The Labute approximate surface area is 204 Å². The van der Waals surface area contributed by atoms with Crippen molar-refractivity contribution in [2.24, 2.45) is 0 Å². The van der Waals surface area contributed by atoms with Crippen molar-refractivity contribution in [1.29, 1.82) is 0 Å². The van der Waals surface area contributed by atoms with Gasteiger partial charge in [0.05, 0.1) is 12.7 Å².